The summed E-state index contributed by atoms with van der Waals surface area (Å²) in [5.74, 6) is -0.585. The Morgan fingerprint density at radius 2 is 2.08 bits per heavy atom. The molecule has 2 heterocycles. The maximum atomic E-state index is 12.7. The first-order valence-electron chi connectivity index (χ1n) is 8.85. The third kappa shape index (κ3) is 3.77. The second kappa shape index (κ2) is 7.25. The Hall–Kier alpha value is -1.51. The molecule has 1 aliphatic rings. The summed E-state index contributed by atoms with van der Waals surface area (Å²) in [6.07, 6.45) is 2.57. The number of benzene rings is 1. The zero-order valence-corrected chi connectivity index (χ0v) is 17.3. The van der Waals surface area contributed by atoms with Crippen LogP contribution in [0.3, 0.4) is 0 Å². The highest BCUT2D eigenvalue weighted by atomic mass is 32.2. The van der Waals surface area contributed by atoms with E-state index >= 15 is 0 Å². The number of aryl methyl sites for hydroxylation is 3. The van der Waals surface area contributed by atoms with Crippen molar-refractivity contribution in [3.63, 3.8) is 0 Å². The molecule has 1 aromatic heterocycles. The Bertz CT molecular complexity index is 1020. The molecule has 8 heteroatoms. The molecule has 26 heavy (non-hydrogen) atoms. The Morgan fingerprint density at radius 3 is 2.73 bits per heavy atom. The molecule has 0 radical (unpaired) electrons. The zero-order valence-electron chi connectivity index (χ0n) is 15.7. The molecule has 0 saturated carbocycles. The summed E-state index contributed by atoms with van der Waals surface area (Å²) in [4.78, 5) is 17.8. The van der Waals surface area contributed by atoms with Gasteiger partial charge in [-0.3, -0.25) is 4.79 Å². The summed E-state index contributed by atoms with van der Waals surface area (Å²) in [5, 5.41) is 0. The monoisotopic (exact) mass is 395 g/mol. The summed E-state index contributed by atoms with van der Waals surface area (Å²) in [6.45, 7) is 7.63. The number of rotatable bonds is 3. The summed E-state index contributed by atoms with van der Waals surface area (Å²) in [5.41, 5.74) is 3.47. The second-order valence-electron chi connectivity index (χ2n) is 6.97. The molecule has 0 N–H and O–H groups in total. The van der Waals surface area contributed by atoms with Crippen LogP contribution in [0.25, 0.3) is 10.2 Å². The van der Waals surface area contributed by atoms with Gasteiger partial charge in [0, 0.05) is 19.6 Å². The summed E-state index contributed by atoms with van der Waals surface area (Å²) in [7, 11) is -3.27. The minimum absolute atomic E-state index is 0.221. The molecule has 6 nitrogen and oxygen atoms in total. The molecule has 1 fully saturated rings. The number of carbonyl (C=O) groups excluding carboxylic acids is 1. The van der Waals surface area contributed by atoms with E-state index in [4.69, 9.17) is 0 Å². The predicted molar refractivity (Wildman–Crippen MR) is 105 cm³/mol. The van der Waals surface area contributed by atoms with Crippen LogP contribution >= 0.6 is 11.3 Å². The van der Waals surface area contributed by atoms with Crippen LogP contribution in [-0.4, -0.2) is 42.5 Å². The lowest BCUT2D eigenvalue weighted by atomic mass is 9.99. The number of aromatic nitrogens is 1. The van der Waals surface area contributed by atoms with Crippen molar-refractivity contribution in [3.8, 4) is 0 Å². The highest BCUT2D eigenvalue weighted by Gasteiger charge is 2.30. The summed E-state index contributed by atoms with van der Waals surface area (Å²) < 4.78 is 28.2. The molecule has 1 aliphatic heterocycles. The van der Waals surface area contributed by atoms with E-state index in [1.165, 1.54) is 33.0 Å². The van der Waals surface area contributed by atoms with Crippen LogP contribution in [0.1, 0.15) is 30.9 Å². The molecular formula is C18H25N3O3S2. The standard InChI is InChI=1S/C18H25N3O3S2/c1-5-21-15-10-12(2)9-13(3)16(15)25-18(21)19-17(22)14-7-6-8-20(11-14)26(4,23)24/h9-10,14H,5-8,11H2,1-4H3. The molecular weight excluding hydrogens is 370 g/mol. The molecule has 0 aliphatic carbocycles. The van der Waals surface area contributed by atoms with Crippen LogP contribution in [-0.2, 0) is 21.4 Å². The first kappa shape index (κ1) is 19.3. The predicted octanol–water partition coefficient (Wildman–Crippen LogP) is 2.44. The average molecular weight is 396 g/mol. The Morgan fingerprint density at radius 1 is 1.35 bits per heavy atom. The number of carbonyl (C=O) groups is 1. The van der Waals surface area contributed by atoms with E-state index in [2.05, 4.69) is 35.5 Å². The highest BCUT2D eigenvalue weighted by Crippen LogP contribution is 2.24. The SMILES string of the molecule is CCn1c(=NC(=O)C2CCCN(S(C)(=O)=O)C2)sc2c(C)cc(C)cc21. The van der Waals surface area contributed by atoms with E-state index in [1.54, 1.807) is 0 Å². The van der Waals surface area contributed by atoms with Crippen LogP contribution in [0, 0.1) is 19.8 Å². The lowest BCUT2D eigenvalue weighted by molar-refractivity contribution is -0.122. The molecule has 142 valence electrons. The van der Waals surface area contributed by atoms with Crippen LogP contribution in [0.2, 0.25) is 0 Å². The highest BCUT2D eigenvalue weighted by molar-refractivity contribution is 7.88. The molecule has 0 bridgehead atoms. The maximum absolute atomic E-state index is 12.7. The van der Waals surface area contributed by atoms with Crippen LogP contribution in [0.4, 0.5) is 0 Å². The van der Waals surface area contributed by atoms with E-state index in [0.717, 1.165) is 16.8 Å². The van der Waals surface area contributed by atoms with Crippen molar-refractivity contribution in [3.05, 3.63) is 28.1 Å². The Kier molecular flexibility index (Phi) is 5.37. The van der Waals surface area contributed by atoms with Crippen molar-refractivity contribution in [1.29, 1.82) is 0 Å². The first-order valence-corrected chi connectivity index (χ1v) is 11.5. The number of hydrogen-bond donors (Lipinski definition) is 0. The fourth-order valence-electron chi connectivity index (χ4n) is 3.53. The Labute approximate surface area is 158 Å². The number of piperidine rings is 1. The van der Waals surface area contributed by atoms with Gasteiger partial charge >= 0.3 is 0 Å². The number of thiazole rings is 1. The zero-order chi connectivity index (χ0) is 19.1. The van der Waals surface area contributed by atoms with Crippen LogP contribution in [0.5, 0.6) is 0 Å². The van der Waals surface area contributed by atoms with Gasteiger partial charge in [0.2, 0.25) is 10.0 Å². The van der Waals surface area contributed by atoms with Crippen LogP contribution < -0.4 is 4.80 Å². The lowest BCUT2D eigenvalue weighted by Crippen LogP contribution is -2.41. The molecule has 1 unspecified atom stereocenters. The van der Waals surface area contributed by atoms with Gasteiger partial charge in [0.15, 0.2) is 4.80 Å². The smallest absolute Gasteiger partial charge is 0.252 e. The van der Waals surface area contributed by atoms with Crippen molar-refractivity contribution >= 4 is 37.5 Å². The normalized spacial score (nSPS) is 20.0. The van der Waals surface area contributed by atoms with Gasteiger partial charge in [0.1, 0.15) is 0 Å². The number of fused-ring (bicyclic) bond motifs is 1. The quantitative estimate of drug-likeness (QED) is 0.801. The number of nitrogens with zero attached hydrogens (tertiary/aromatic N) is 3. The second-order valence-corrected chi connectivity index (χ2v) is 9.93. The minimum Gasteiger partial charge on any atom is -0.317 e. The Balaban J connectivity index is 1.99. The van der Waals surface area contributed by atoms with Crippen molar-refractivity contribution in [1.82, 2.24) is 8.87 Å². The van der Waals surface area contributed by atoms with Crippen LogP contribution in [0.15, 0.2) is 17.1 Å². The molecule has 1 saturated heterocycles. The van der Waals surface area contributed by atoms with E-state index in [9.17, 15) is 13.2 Å². The van der Waals surface area contributed by atoms with E-state index < -0.39 is 10.0 Å². The van der Waals surface area contributed by atoms with Crippen molar-refractivity contribution in [2.45, 2.75) is 40.2 Å². The van der Waals surface area contributed by atoms with Gasteiger partial charge in [0.25, 0.3) is 5.91 Å². The molecule has 1 aromatic carbocycles. The van der Waals surface area contributed by atoms with Gasteiger partial charge in [-0.2, -0.15) is 4.99 Å². The maximum Gasteiger partial charge on any atom is 0.252 e. The topological polar surface area (TPSA) is 71.7 Å². The van der Waals surface area contributed by atoms with Crippen molar-refractivity contribution in [2.24, 2.45) is 10.9 Å². The first-order chi connectivity index (χ1) is 12.2. The van der Waals surface area contributed by atoms with Gasteiger partial charge in [-0.15, -0.1) is 0 Å². The number of amides is 1. The van der Waals surface area contributed by atoms with Gasteiger partial charge < -0.3 is 4.57 Å². The average Bonchev–Trinajstić information content (AvgIpc) is 2.91. The van der Waals surface area contributed by atoms with E-state index in [0.29, 0.717) is 24.2 Å². The number of sulfonamides is 1. The van der Waals surface area contributed by atoms with Gasteiger partial charge in [-0.05, 0) is 50.8 Å². The largest absolute Gasteiger partial charge is 0.317 e. The molecule has 2 aromatic rings. The van der Waals surface area contributed by atoms with E-state index in [-0.39, 0.29) is 18.4 Å². The fourth-order valence-corrected chi connectivity index (χ4v) is 5.60. The number of hydrogen-bond acceptors (Lipinski definition) is 4. The van der Waals surface area contributed by atoms with Crippen molar-refractivity contribution in [2.75, 3.05) is 19.3 Å². The third-order valence-corrected chi connectivity index (χ3v) is 7.34. The molecule has 3 rings (SSSR count). The summed E-state index contributed by atoms with van der Waals surface area (Å²) >= 11 is 1.53. The third-order valence-electron chi connectivity index (χ3n) is 4.84. The molecule has 0 spiro atoms. The van der Waals surface area contributed by atoms with Gasteiger partial charge in [0.05, 0.1) is 22.4 Å². The van der Waals surface area contributed by atoms with E-state index in [1.807, 2.05) is 6.92 Å². The van der Waals surface area contributed by atoms with Gasteiger partial charge in [-0.1, -0.05) is 17.4 Å². The summed E-state index contributed by atoms with van der Waals surface area (Å²) in [6, 6.07) is 4.26. The van der Waals surface area contributed by atoms with Crippen molar-refractivity contribution < 1.29 is 13.2 Å². The lowest BCUT2D eigenvalue weighted by Gasteiger charge is -2.28. The fraction of sp³-hybridized carbons (Fsp3) is 0.556. The minimum atomic E-state index is -3.27. The van der Waals surface area contributed by atoms with Gasteiger partial charge in [-0.25, -0.2) is 12.7 Å². The molecule has 1 amide bonds. The molecule has 1 atom stereocenters.